The lowest BCUT2D eigenvalue weighted by molar-refractivity contribution is -0.136. The standard InChI is InChI=1S/C13H13N3O2/c14-7-6-10-12(17)16-11(13(18)15-10)8-9-4-2-1-3-5-9/h1-5,10-11H,6,8H2,(H,15,18)(H,16,17). The molecule has 1 fully saturated rings. The van der Waals surface area contributed by atoms with Crippen molar-refractivity contribution in [2.75, 3.05) is 0 Å². The summed E-state index contributed by atoms with van der Waals surface area (Å²) in [5, 5.41) is 13.8. The van der Waals surface area contributed by atoms with E-state index >= 15 is 0 Å². The number of carbonyl (C=O) groups excluding carboxylic acids is 2. The van der Waals surface area contributed by atoms with Gasteiger partial charge in [-0.3, -0.25) is 9.59 Å². The highest BCUT2D eigenvalue weighted by Crippen LogP contribution is 2.07. The fourth-order valence-corrected chi connectivity index (χ4v) is 1.90. The van der Waals surface area contributed by atoms with Gasteiger partial charge in [0.1, 0.15) is 12.1 Å². The average molecular weight is 243 g/mol. The van der Waals surface area contributed by atoms with Crippen molar-refractivity contribution in [2.24, 2.45) is 0 Å². The van der Waals surface area contributed by atoms with Crippen LogP contribution in [0.2, 0.25) is 0 Å². The predicted molar refractivity (Wildman–Crippen MR) is 64.2 cm³/mol. The first-order valence-electron chi connectivity index (χ1n) is 5.72. The minimum Gasteiger partial charge on any atom is -0.342 e. The van der Waals surface area contributed by atoms with Crippen molar-refractivity contribution in [3.8, 4) is 6.07 Å². The molecule has 0 radical (unpaired) electrons. The van der Waals surface area contributed by atoms with Gasteiger partial charge >= 0.3 is 0 Å². The highest BCUT2D eigenvalue weighted by molar-refractivity contribution is 5.97. The van der Waals surface area contributed by atoms with Gasteiger partial charge in [-0.05, 0) is 5.56 Å². The lowest BCUT2D eigenvalue weighted by Gasteiger charge is -2.28. The zero-order valence-electron chi connectivity index (χ0n) is 9.72. The molecule has 1 aromatic rings. The van der Waals surface area contributed by atoms with Gasteiger partial charge in [0.25, 0.3) is 0 Å². The molecule has 2 amide bonds. The second-order valence-electron chi connectivity index (χ2n) is 4.17. The topological polar surface area (TPSA) is 82.0 Å². The van der Waals surface area contributed by atoms with Crippen molar-refractivity contribution in [3.05, 3.63) is 35.9 Å². The molecule has 5 heteroatoms. The molecule has 1 heterocycles. The number of hydrogen-bond donors (Lipinski definition) is 2. The van der Waals surface area contributed by atoms with Crippen LogP contribution >= 0.6 is 0 Å². The number of piperazine rings is 1. The quantitative estimate of drug-likeness (QED) is 0.791. The number of hydrogen-bond acceptors (Lipinski definition) is 3. The van der Waals surface area contributed by atoms with Gasteiger partial charge in [-0.15, -0.1) is 0 Å². The minimum atomic E-state index is -0.727. The average Bonchev–Trinajstić information content (AvgIpc) is 2.37. The Balaban J connectivity index is 2.02. The Morgan fingerprint density at radius 3 is 2.33 bits per heavy atom. The van der Waals surface area contributed by atoms with Gasteiger partial charge < -0.3 is 10.6 Å². The van der Waals surface area contributed by atoms with Crippen LogP contribution in [0.25, 0.3) is 0 Å². The van der Waals surface area contributed by atoms with Crippen molar-refractivity contribution >= 4 is 11.8 Å². The largest absolute Gasteiger partial charge is 0.342 e. The highest BCUT2D eigenvalue weighted by atomic mass is 16.2. The van der Waals surface area contributed by atoms with E-state index < -0.39 is 12.1 Å². The molecule has 0 spiro atoms. The summed E-state index contributed by atoms with van der Waals surface area (Å²) in [5.74, 6) is -0.532. The normalized spacial score (nSPS) is 22.8. The molecule has 0 saturated carbocycles. The Kier molecular flexibility index (Phi) is 3.58. The van der Waals surface area contributed by atoms with Crippen molar-refractivity contribution in [2.45, 2.75) is 24.9 Å². The molecule has 2 atom stereocenters. The number of nitrogens with one attached hydrogen (secondary N) is 2. The molecule has 2 rings (SSSR count). The molecule has 1 aliphatic heterocycles. The number of amides is 2. The molecular weight excluding hydrogens is 230 g/mol. The fraction of sp³-hybridized carbons (Fsp3) is 0.308. The number of nitriles is 1. The predicted octanol–water partition coefficient (Wildman–Crippen LogP) is 0.126. The fourth-order valence-electron chi connectivity index (χ4n) is 1.90. The van der Waals surface area contributed by atoms with E-state index in [-0.39, 0.29) is 18.2 Å². The zero-order valence-corrected chi connectivity index (χ0v) is 9.72. The second kappa shape index (κ2) is 5.32. The van der Waals surface area contributed by atoms with Gasteiger partial charge in [0.2, 0.25) is 11.8 Å². The van der Waals surface area contributed by atoms with Gasteiger partial charge in [-0.25, -0.2) is 0 Å². The van der Waals surface area contributed by atoms with Gasteiger partial charge in [0.15, 0.2) is 0 Å². The smallest absolute Gasteiger partial charge is 0.244 e. The summed E-state index contributed by atoms with van der Waals surface area (Å²) in [6.45, 7) is 0. The van der Waals surface area contributed by atoms with E-state index in [0.717, 1.165) is 5.56 Å². The highest BCUT2D eigenvalue weighted by Gasteiger charge is 2.33. The summed E-state index contributed by atoms with van der Waals surface area (Å²) in [4.78, 5) is 23.4. The van der Waals surface area contributed by atoms with Gasteiger partial charge in [0, 0.05) is 6.42 Å². The van der Waals surface area contributed by atoms with E-state index in [1.807, 2.05) is 36.4 Å². The van der Waals surface area contributed by atoms with Crippen molar-refractivity contribution in [3.63, 3.8) is 0 Å². The summed E-state index contributed by atoms with van der Waals surface area (Å²) < 4.78 is 0. The van der Waals surface area contributed by atoms with Crippen molar-refractivity contribution < 1.29 is 9.59 Å². The maximum Gasteiger partial charge on any atom is 0.244 e. The van der Waals surface area contributed by atoms with E-state index in [4.69, 9.17) is 5.26 Å². The Morgan fingerprint density at radius 1 is 1.06 bits per heavy atom. The first-order chi connectivity index (χ1) is 8.70. The second-order valence-corrected chi connectivity index (χ2v) is 4.17. The van der Waals surface area contributed by atoms with E-state index in [0.29, 0.717) is 6.42 Å². The Bertz CT molecular complexity index is 493. The molecule has 2 unspecified atom stereocenters. The van der Waals surface area contributed by atoms with Crippen LogP contribution < -0.4 is 10.6 Å². The summed E-state index contributed by atoms with van der Waals surface area (Å²) in [6, 6.07) is 10.1. The van der Waals surface area contributed by atoms with Crippen molar-refractivity contribution in [1.82, 2.24) is 10.6 Å². The van der Waals surface area contributed by atoms with Crippen LogP contribution in [0.1, 0.15) is 12.0 Å². The molecule has 0 aliphatic carbocycles. The SMILES string of the molecule is N#CCC1NC(=O)C(Cc2ccccc2)NC1=O. The number of benzene rings is 1. The summed E-state index contributed by atoms with van der Waals surface area (Å²) >= 11 is 0. The Labute approximate surface area is 105 Å². The molecule has 5 nitrogen and oxygen atoms in total. The van der Waals surface area contributed by atoms with Gasteiger partial charge in [-0.2, -0.15) is 5.26 Å². The molecule has 2 N–H and O–H groups in total. The Hall–Kier alpha value is -2.35. The van der Waals surface area contributed by atoms with Crippen LogP contribution in [0.15, 0.2) is 30.3 Å². The molecule has 1 aliphatic rings. The molecular formula is C13H13N3O2. The lowest BCUT2D eigenvalue weighted by Crippen LogP contribution is -2.62. The maximum absolute atomic E-state index is 11.8. The molecule has 1 aromatic carbocycles. The molecule has 1 saturated heterocycles. The monoisotopic (exact) mass is 243 g/mol. The third kappa shape index (κ3) is 2.66. The van der Waals surface area contributed by atoms with Gasteiger partial charge in [-0.1, -0.05) is 30.3 Å². The van der Waals surface area contributed by atoms with E-state index in [1.54, 1.807) is 0 Å². The molecule has 0 aromatic heterocycles. The maximum atomic E-state index is 11.8. The third-order valence-corrected chi connectivity index (χ3v) is 2.84. The van der Waals surface area contributed by atoms with Crippen LogP contribution in [0.5, 0.6) is 0 Å². The van der Waals surface area contributed by atoms with Crippen LogP contribution in [-0.2, 0) is 16.0 Å². The summed E-state index contributed by atoms with van der Waals surface area (Å²) in [7, 11) is 0. The number of rotatable bonds is 3. The summed E-state index contributed by atoms with van der Waals surface area (Å²) in [5.41, 5.74) is 0.983. The molecule has 0 bridgehead atoms. The van der Waals surface area contributed by atoms with Crippen molar-refractivity contribution in [1.29, 1.82) is 5.26 Å². The zero-order chi connectivity index (χ0) is 13.0. The summed E-state index contributed by atoms with van der Waals surface area (Å²) in [6.07, 6.45) is 0.452. The molecule has 92 valence electrons. The number of carbonyl (C=O) groups is 2. The number of nitrogens with zero attached hydrogens (tertiary/aromatic N) is 1. The van der Waals surface area contributed by atoms with Gasteiger partial charge in [0.05, 0.1) is 12.5 Å². The third-order valence-electron chi connectivity index (χ3n) is 2.84. The van der Waals surface area contributed by atoms with Crippen LogP contribution in [0.3, 0.4) is 0 Å². The molecule has 18 heavy (non-hydrogen) atoms. The first kappa shape index (κ1) is 12.1. The van der Waals surface area contributed by atoms with Crippen LogP contribution in [0, 0.1) is 11.3 Å². The van der Waals surface area contributed by atoms with E-state index in [9.17, 15) is 9.59 Å². The minimum absolute atomic E-state index is 0.00434. The lowest BCUT2D eigenvalue weighted by atomic mass is 10.0. The van der Waals surface area contributed by atoms with Crippen LogP contribution in [-0.4, -0.2) is 23.9 Å². The Morgan fingerprint density at radius 2 is 1.67 bits per heavy atom. The van der Waals surface area contributed by atoms with E-state index in [1.165, 1.54) is 0 Å². The first-order valence-corrected chi connectivity index (χ1v) is 5.72. The van der Waals surface area contributed by atoms with E-state index in [2.05, 4.69) is 10.6 Å². The van der Waals surface area contributed by atoms with Crippen LogP contribution in [0.4, 0.5) is 0 Å².